The third kappa shape index (κ3) is 4.04. The van der Waals surface area contributed by atoms with Crippen molar-refractivity contribution in [2.75, 3.05) is 11.9 Å². The molecule has 0 fully saturated rings. The van der Waals surface area contributed by atoms with Crippen molar-refractivity contribution in [2.45, 2.75) is 13.5 Å². The van der Waals surface area contributed by atoms with Crippen LogP contribution in [0.4, 0.5) is 11.5 Å². The van der Waals surface area contributed by atoms with Crippen molar-refractivity contribution in [1.82, 2.24) is 10.3 Å². The van der Waals surface area contributed by atoms with E-state index in [0.29, 0.717) is 40.9 Å². The molecule has 0 atom stereocenters. The molecule has 0 unspecified atom stereocenters. The van der Waals surface area contributed by atoms with Crippen LogP contribution in [0.1, 0.15) is 28.4 Å². The number of nitro groups is 1. The Morgan fingerprint density at radius 2 is 2.07 bits per heavy atom. The molecule has 2 N–H and O–H groups in total. The molecule has 8 nitrogen and oxygen atoms in total. The number of nitrogens with zero attached hydrogens (tertiary/aromatic N) is 3. The summed E-state index contributed by atoms with van der Waals surface area (Å²) in [6, 6.07) is 15.0. The van der Waals surface area contributed by atoms with Gasteiger partial charge in [-0.1, -0.05) is 12.1 Å². The highest BCUT2D eigenvalue weighted by Gasteiger charge is 2.12. The lowest BCUT2D eigenvalue weighted by atomic mass is 10.1. The maximum Gasteiger partial charge on any atom is 0.270 e. The number of amides is 1. The number of benzene rings is 2. The topological polar surface area (TPSA) is 121 Å². The number of rotatable bonds is 6. The van der Waals surface area contributed by atoms with E-state index in [1.54, 1.807) is 24.3 Å². The minimum atomic E-state index is -0.506. The Kier molecular flexibility index (Phi) is 5.46. The number of nitriles is 1. The molecule has 3 rings (SSSR count). The van der Waals surface area contributed by atoms with Crippen LogP contribution in [0.3, 0.4) is 0 Å². The third-order valence-electron chi connectivity index (χ3n) is 4.12. The van der Waals surface area contributed by atoms with E-state index in [1.807, 2.05) is 13.0 Å². The van der Waals surface area contributed by atoms with Crippen LogP contribution in [0.25, 0.3) is 10.9 Å². The van der Waals surface area contributed by atoms with Gasteiger partial charge in [0.15, 0.2) is 0 Å². The fourth-order valence-corrected chi connectivity index (χ4v) is 2.79. The minimum absolute atomic E-state index is 0.0892. The number of pyridine rings is 1. The van der Waals surface area contributed by atoms with E-state index in [1.165, 1.54) is 18.2 Å². The molecule has 0 saturated heterocycles. The Morgan fingerprint density at radius 1 is 1.25 bits per heavy atom. The lowest BCUT2D eigenvalue weighted by molar-refractivity contribution is -0.384. The van der Waals surface area contributed by atoms with E-state index in [9.17, 15) is 20.2 Å². The molecule has 8 heteroatoms. The monoisotopic (exact) mass is 375 g/mol. The van der Waals surface area contributed by atoms with E-state index in [2.05, 4.69) is 21.7 Å². The zero-order valence-corrected chi connectivity index (χ0v) is 15.1. The van der Waals surface area contributed by atoms with Crippen molar-refractivity contribution >= 4 is 28.3 Å². The van der Waals surface area contributed by atoms with Crippen LogP contribution in [0.2, 0.25) is 0 Å². The standard InChI is InChI=1S/C20H17N5O3/c1-2-22-20(26)14-5-3-4-13(8-14)12-23-19-9-15(11-21)17-10-16(25(27)28)6-7-18(17)24-19/h3-10H,2,12H2,1H3,(H,22,26)(H,23,24). The molecule has 2 aromatic carbocycles. The lowest BCUT2D eigenvalue weighted by Gasteiger charge is -2.09. The molecule has 0 aliphatic rings. The van der Waals surface area contributed by atoms with Crippen LogP contribution < -0.4 is 10.6 Å². The normalized spacial score (nSPS) is 10.3. The van der Waals surface area contributed by atoms with Crippen LogP contribution in [-0.2, 0) is 6.54 Å². The van der Waals surface area contributed by atoms with Crippen molar-refractivity contribution in [2.24, 2.45) is 0 Å². The highest BCUT2D eigenvalue weighted by atomic mass is 16.6. The van der Waals surface area contributed by atoms with Gasteiger partial charge in [-0.05, 0) is 36.8 Å². The Morgan fingerprint density at radius 3 is 2.79 bits per heavy atom. The highest BCUT2D eigenvalue weighted by molar-refractivity contribution is 5.94. The van der Waals surface area contributed by atoms with Gasteiger partial charge in [-0.3, -0.25) is 14.9 Å². The average Bonchev–Trinajstić information content (AvgIpc) is 2.71. The molecule has 1 heterocycles. The molecule has 28 heavy (non-hydrogen) atoms. The fourth-order valence-electron chi connectivity index (χ4n) is 2.79. The van der Waals surface area contributed by atoms with Crippen LogP contribution in [-0.4, -0.2) is 22.4 Å². The van der Waals surface area contributed by atoms with Crippen LogP contribution >= 0.6 is 0 Å². The van der Waals surface area contributed by atoms with Gasteiger partial charge in [0.2, 0.25) is 0 Å². The minimum Gasteiger partial charge on any atom is -0.366 e. The molecule has 1 amide bonds. The molecule has 0 spiro atoms. The first-order valence-corrected chi connectivity index (χ1v) is 8.62. The lowest BCUT2D eigenvalue weighted by Crippen LogP contribution is -2.22. The van der Waals surface area contributed by atoms with E-state index < -0.39 is 4.92 Å². The van der Waals surface area contributed by atoms with Gasteiger partial charge < -0.3 is 10.6 Å². The number of nitrogens with one attached hydrogen (secondary N) is 2. The number of hydrogen-bond acceptors (Lipinski definition) is 6. The van der Waals surface area contributed by atoms with Crippen molar-refractivity contribution in [3.63, 3.8) is 0 Å². The van der Waals surface area contributed by atoms with Crippen molar-refractivity contribution in [3.8, 4) is 6.07 Å². The SMILES string of the molecule is CCNC(=O)c1cccc(CNc2cc(C#N)c3cc([N+](=O)[O-])ccc3n2)c1. The Balaban J connectivity index is 1.84. The van der Waals surface area contributed by atoms with E-state index >= 15 is 0 Å². The van der Waals surface area contributed by atoms with Gasteiger partial charge in [-0.25, -0.2) is 4.98 Å². The van der Waals surface area contributed by atoms with Crippen molar-refractivity contribution in [1.29, 1.82) is 5.26 Å². The summed E-state index contributed by atoms with van der Waals surface area (Å²) >= 11 is 0. The van der Waals surface area contributed by atoms with E-state index in [-0.39, 0.29) is 11.6 Å². The van der Waals surface area contributed by atoms with Gasteiger partial charge in [0.05, 0.1) is 22.1 Å². The maximum absolute atomic E-state index is 11.9. The van der Waals surface area contributed by atoms with Gasteiger partial charge >= 0.3 is 0 Å². The van der Waals surface area contributed by atoms with E-state index in [4.69, 9.17) is 0 Å². The first-order chi connectivity index (χ1) is 13.5. The largest absolute Gasteiger partial charge is 0.366 e. The van der Waals surface area contributed by atoms with Crippen LogP contribution in [0.15, 0.2) is 48.5 Å². The van der Waals surface area contributed by atoms with Gasteiger partial charge in [-0.15, -0.1) is 0 Å². The summed E-state index contributed by atoms with van der Waals surface area (Å²) in [7, 11) is 0. The second-order valence-corrected chi connectivity index (χ2v) is 6.04. The number of anilines is 1. The molecule has 0 bridgehead atoms. The average molecular weight is 375 g/mol. The Hall–Kier alpha value is -3.99. The van der Waals surface area contributed by atoms with Crippen molar-refractivity contribution in [3.05, 3.63) is 75.3 Å². The first kappa shape index (κ1) is 18.8. The summed E-state index contributed by atoms with van der Waals surface area (Å²) in [5.41, 5.74) is 2.15. The number of carbonyl (C=O) groups excluding carboxylic acids is 1. The van der Waals surface area contributed by atoms with Gasteiger partial charge in [0, 0.05) is 36.2 Å². The molecule has 0 saturated carbocycles. The number of hydrogen-bond donors (Lipinski definition) is 2. The number of carbonyl (C=O) groups is 1. The Labute approximate surface area is 161 Å². The molecule has 0 radical (unpaired) electrons. The predicted octanol–water partition coefficient (Wildman–Crippen LogP) is 3.38. The van der Waals surface area contributed by atoms with Gasteiger partial charge in [-0.2, -0.15) is 5.26 Å². The zero-order valence-electron chi connectivity index (χ0n) is 15.1. The molecule has 1 aromatic heterocycles. The fraction of sp³-hybridized carbons (Fsp3) is 0.150. The summed E-state index contributed by atoms with van der Waals surface area (Å²) in [6.45, 7) is 2.82. The number of non-ortho nitro benzene ring substituents is 1. The second-order valence-electron chi connectivity index (χ2n) is 6.04. The summed E-state index contributed by atoms with van der Waals surface area (Å²) < 4.78 is 0. The van der Waals surface area contributed by atoms with Gasteiger partial charge in [0.25, 0.3) is 11.6 Å². The molecule has 3 aromatic rings. The highest BCUT2D eigenvalue weighted by Crippen LogP contribution is 2.25. The number of fused-ring (bicyclic) bond motifs is 1. The summed E-state index contributed by atoms with van der Waals surface area (Å²) in [4.78, 5) is 26.8. The van der Waals surface area contributed by atoms with E-state index in [0.717, 1.165) is 5.56 Å². The van der Waals surface area contributed by atoms with Crippen LogP contribution in [0.5, 0.6) is 0 Å². The summed E-state index contributed by atoms with van der Waals surface area (Å²) in [6.07, 6.45) is 0. The summed E-state index contributed by atoms with van der Waals surface area (Å²) in [5, 5.41) is 26.7. The molecule has 0 aliphatic carbocycles. The smallest absolute Gasteiger partial charge is 0.270 e. The predicted molar refractivity (Wildman–Crippen MR) is 105 cm³/mol. The van der Waals surface area contributed by atoms with Crippen molar-refractivity contribution < 1.29 is 9.72 Å². The third-order valence-corrected chi connectivity index (χ3v) is 4.12. The molecule has 0 aliphatic heterocycles. The second kappa shape index (κ2) is 8.14. The number of aromatic nitrogens is 1. The van der Waals surface area contributed by atoms with Crippen LogP contribution in [0, 0.1) is 21.4 Å². The molecule has 140 valence electrons. The number of nitro benzene ring substituents is 1. The molecular weight excluding hydrogens is 358 g/mol. The van der Waals surface area contributed by atoms with Gasteiger partial charge in [0.1, 0.15) is 5.82 Å². The maximum atomic E-state index is 11.9. The quantitative estimate of drug-likeness (QED) is 0.503. The first-order valence-electron chi connectivity index (χ1n) is 8.62. The molecular formula is C20H17N5O3. The zero-order chi connectivity index (χ0) is 20.1. The Bertz CT molecular complexity index is 1100. The summed E-state index contributed by atoms with van der Waals surface area (Å²) in [5.74, 6) is 0.336.